The summed E-state index contributed by atoms with van der Waals surface area (Å²) in [6, 6.07) is 60.5. The van der Waals surface area contributed by atoms with Gasteiger partial charge in [0.1, 0.15) is 22.3 Å². The van der Waals surface area contributed by atoms with Crippen molar-refractivity contribution < 1.29 is 8.83 Å². The van der Waals surface area contributed by atoms with Crippen LogP contribution >= 0.6 is 0 Å². The molecule has 0 radical (unpaired) electrons. The number of benzene rings is 8. The minimum absolute atomic E-state index is 0.592. The molecule has 0 atom stereocenters. The highest BCUT2D eigenvalue weighted by atomic mass is 16.3. The van der Waals surface area contributed by atoms with Gasteiger partial charge < -0.3 is 8.83 Å². The number of furan rings is 2. The van der Waals surface area contributed by atoms with Crippen LogP contribution in [0.25, 0.3) is 111 Å². The first-order chi connectivity index (χ1) is 26.7. The number of hydrogen-bond donors (Lipinski definition) is 0. The molecule has 8 aromatic carbocycles. The molecule has 0 spiro atoms. The van der Waals surface area contributed by atoms with Gasteiger partial charge in [-0.25, -0.2) is 15.0 Å². The summed E-state index contributed by atoms with van der Waals surface area (Å²) in [4.78, 5) is 15.3. The molecule has 0 saturated carbocycles. The van der Waals surface area contributed by atoms with E-state index in [9.17, 15) is 0 Å². The number of fused-ring (bicyclic) bond motifs is 8. The lowest BCUT2D eigenvalue weighted by Crippen LogP contribution is -2.00. The summed E-state index contributed by atoms with van der Waals surface area (Å²) in [5, 5.41) is 6.63. The number of para-hydroxylation sites is 2. The first-order valence-electron chi connectivity index (χ1n) is 18.0. The molecule has 0 saturated heterocycles. The molecule has 0 amide bonds. The van der Waals surface area contributed by atoms with Crippen LogP contribution in [0.15, 0.2) is 185 Å². The molecule has 11 rings (SSSR count). The van der Waals surface area contributed by atoms with Gasteiger partial charge in [0.15, 0.2) is 17.5 Å². The van der Waals surface area contributed by atoms with E-state index in [2.05, 4.69) is 127 Å². The van der Waals surface area contributed by atoms with E-state index in [4.69, 9.17) is 23.8 Å². The molecule has 0 unspecified atom stereocenters. The van der Waals surface area contributed by atoms with Crippen LogP contribution in [0.4, 0.5) is 0 Å². The van der Waals surface area contributed by atoms with E-state index in [1.165, 1.54) is 10.8 Å². The average molecular weight is 692 g/mol. The highest BCUT2D eigenvalue weighted by Gasteiger charge is 2.18. The third-order valence-electron chi connectivity index (χ3n) is 10.4. The molecule has 0 bridgehead atoms. The molecule has 3 aromatic heterocycles. The van der Waals surface area contributed by atoms with Crippen molar-refractivity contribution in [1.29, 1.82) is 0 Å². The van der Waals surface area contributed by atoms with Gasteiger partial charge in [0, 0.05) is 38.2 Å². The third-order valence-corrected chi connectivity index (χ3v) is 10.4. The zero-order valence-corrected chi connectivity index (χ0v) is 28.9. The van der Waals surface area contributed by atoms with E-state index in [-0.39, 0.29) is 0 Å². The lowest BCUT2D eigenvalue weighted by molar-refractivity contribution is 0.668. The Bertz CT molecular complexity index is 3200. The maximum Gasteiger partial charge on any atom is 0.164 e. The van der Waals surface area contributed by atoms with Gasteiger partial charge in [0.05, 0.1) is 0 Å². The second kappa shape index (κ2) is 12.1. The zero-order valence-electron chi connectivity index (χ0n) is 28.9. The molecule has 0 aliphatic carbocycles. The van der Waals surface area contributed by atoms with Gasteiger partial charge in [-0.15, -0.1) is 0 Å². The van der Waals surface area contributed by atoms with Gasteiger partial charge in [-0.1, -0.05) is 146 Å². The molecule has 0 fully saturated rings. The molecule has 5 heteroatoms. The standard InChI is InChI=1S/C49H29N3O2/c1-2-9-30(10-3-1)31-17-22-34(23-18-31)47-50-48(52-49(51-47)39-13-8-16-43-45(39)37-11-4-6-14-41(37)53-43)35-24-19-32(20-25-35)36-26-21-33-27-28-44-46(40(33)29-36)38-12-5-7-15-42(38)54-44/h1-29H. The van der Waals surface area contributed by atoms with Crippen LogP contribution in [-0.4, -0.2) is 15.0 Å². The Balaban J connectivity index is 1.04. The summed E-state index contributed by atoms with van der Waals surface area (Å²) in [5.41, 5.74) is 10.7. The van der Waals surface area contributed by atoms with Gasteiger partial charge >= 0.3 is 0 Å². The molecular weight excluding hydrogens is 663 g/mol. The minimum Gasteiger partial charge on any atom is -0.456 e. The fourth-order valence-corrected chi connectivity index (χ4v) is 7.69. The maximum atomic E-state index is 6.25. The molecule has 0 N–H and O–H groups in total. The van der Waals surface area contributed by atoms with Crippen LogP contribution in [0.5, 0.6) is 0 Å². The number of hydrogen-bond acceptors (Lipinski definition) is 5. The highest BCUT2D eigenvalue weighted by molar-refractivity contribution is 6.19. The molecule has 0 aliphatic rings. The quantitative estimate of drug-likeness (QED) is 0.180. The lowest BCUT2D eigenvalue weighted by atomic mass is 9.97. The van der Waals surface area contributed by atoms with Gasteiger partial charge in [0.2, 0.25) is 0 Å². The summed E-state index contributed by atoms with van der Waals surface area (Å²) in [6.07, 6.45) is 0. The summed E-state index contributed by atoms with van der Waals surface area (Å²) in [7, 11) is 0. The van der Waals surface area contributed by atoms with E-state index in [1.54, 1.807) is 0 Å². The largest absolute Gasteiger partial charge is 0.456 e. The molecule has 5 nitrogen and oxygen atoms in total. The third kappa shape index (κ3) is 4.98. The normalized spacial score (nSPS) is 11.7. The first-order valence-corrected chi connectivity index (χ1v) is 18.0. The Morgan fingerprint density at radius 2 is 0.778 bits per heavy atom. The molecule has 252 valence electrons. The SMILES string of the molecule is c1ccc(-c2ccc(-c3nc(-c4ccc(-c5ccc6ccc7oc8ccccc8c7c6c5)cc4)nc(-c4cccc5oc6ccccc6c45)n3)cc2)cc1. The summed E-state index contributed by atoms with van der Waals surface area (Å²) < 4.78 is 12.4. The Morgan fingerprint density at radius 3 is 1.46 bits per heavy atom. The van der Waals surface area contributed by atoms with E-state index >= 15 is 0 Å². The summed E-state index contributed by atoms with van der Waals surface area (Å²) >= 11 is 0. The highest BCUT2D eigenvalue weighted by Crippen LogP contribution is 2.39. The number of rotatable bonds is 5. The number of nitrogens with zero attached hydrogens (tertiary/aromatic N) is 3. The van der Waals surface area contributed by atoms with Gasteiger partial charge in [-0.05, 0) is 63.4 Å². The molecule has 54 heavy (non-hydrogen) atoms. The van der Waals surface area contributed by atoms with E-state index in [0.717, 1.165) is 82.8 Å². The van der Waals surface area contributed by atoms with Gasteiger partial charge in [-0.3, -0.25) is 0 Å². The predicted molar refractivity (Wildman–Crippen MR) is 219 cm³/mol. The fourth-order valence-electron chi connectivity index (χ4n) is 7.69. The zero-order chi connectivity index (χ0) is 35.6. The number of aromatic nitrogens is 3. The van der Waals surface area contributed by atoms with Crippen molar-refractivity contribution in [1.82, 2.24) is 15.0 Å². The summed E-state index contributed by atoms with van der Waals surface area (Å²) in [6.45, 7) is 0. The molecule has 11 aromatic rings. The molecule has 3 heterocycles. The Kier molecular flexibility index (Phi) is 6.79. The van der Waals surface area contributed by atoms with Crippen molar-refractivity contribution in [2.45, 2.75) is 0 Å². The van der Waals surface area contributed by atoms with Gasteiger partial charge in [-0.2, -0.15) is 0 Å². The topological polar surface area (TPSA) is 65.0 Å². The minimum atomic E-state index is 0.592. The van der Waals surface area contributed by atoms with Crippen molar-refractivity contribution in [3.8, 4) is 56.4 Å². The van der Waals surface area contributed by atoms with E-state index < -0.39 is 0 Å². The van der Waals surface area contributed by atoms with E-state index in [0.29, 0.717) is 17.5 Å². The van der Waals surface area contributed by atoms with Crippen molar-refractivity contribution >= 4 is 54.6 Å². The van der Waals surface area contributed by atoms with Crippen LogP contribution in [0.1, 0.15) is 0 Å². The Hall–Kier alpha value is -7.37. The smallest absolute Gasteiger partial charge is 0.164 e. The second-order valence-electron chi connectivity index (χ2n) is 13.6. The van der Waals surface area contributed by atoms with Crippen molar-refractivity contribution in [2.75, 3.05) is 0 Å². The van der Waals surface area contributed by atoms with Crippen molar-refractivity contribution in [3.05, 3.63) is 176 Å². The Labute approximate surface area is 309 Å². The van der Waals surface area contributed by atoms with Crippen molar-refractivity contribution in [2.24, 2.45) is 0 Å². The molecule has 0 aliphatic heterocycles. The average Bonchev–Trinajstić information content (AvgIpc) is 3.83. The van der Waals surface area contributed by atoms with Crippen molar-refractivity contribution in [3.63, 3.8) is 0 Å². The van der Waals surface area contributed by atoms with Crippen LogP contribution in [0.3, 0.4) is 0 Å². The first kappa shape index (κ1) is 30.3. The summed E-state index contributed by atoms with van der Waals surface area (Å²) in [5.74, 6) is 1.80. The predicted octanol–water partition coefficient (Wildman–Crippen LogP) is 13.2. The lowest BCUT2D eigenvalue weighted by Gasteiger charge is -2.11. The van der Waals surface area contributed by atoms with E-state index in [1.807, 2.05) is 48.5 Å². The van der Waals surface area contributed by atoms with Crippen LogP contribution in [0, 0.1) is 0 Å². The maximum absolute atomic E-state index is 6.25. The van der Waals surface area contributed by atoms with Crippen LogP contribution in [0.2, 0.25) is 0 Å². The second-order valence-corrected chi connectivity index (χ2v) is 13.6. The fraction of sp³-hybridized carbons (Fsp3) is 0. The van der Waals surface area contributed by atoms with Gasteiger partial charge in [0.25, 0.3) is 0 Å². The molecular formula is C49H29N3O2. The van der Waals surface area contributed by atoms with Crippen LogP contribution in [-0.2, 0) is 0 Å². The Morgan fingerprint density at radius 1 is 0.296 bits per heavy atom. The van der Waals surface area contributed by atoms with Crippen LogP contribution < -0.4 is 0 Å². The monoisotopic (exact) mass is 691 g/mol.